The third kappa shape index (κ3) is 4.84. The maximum Gasteiger partial charge on any atom is 0.257 e. The quantitative estimate of drug-likeness (QED) is 0.884. The van der Waals surface area contributed by atoms with Gasteiger partial charge >= 0.3 is 0 Å². The zero-order valence-corrected chi connectivity index (χ0v) is 14.5. The number of nitrogens with zero attached hydrogens (tertiary/aromatic N) is 2. The van der Waals surface area contributed by atoms with Crippen LogP contribution >= 0.6 is 11.6 Å². The number of rotatable bonds is 5. The molecule has 1 N–H and O–H groups in total. The van der Waals surface area contributed by atoms with Gasteiger partial charge in [-0.05, 0) is 23.8 Å². The first kappa shape index (κ1) is 17.5. The molecule has 1 saturated heterocycles. The Morgan fingerprint density at radius 1 is 1.16 bits per heavy atom. The Hall–Kier alpha value is -2.31. The summed E-state index contributed by atoms with van der Waals surface area (Å²) < 4.78 is 4.95. The average molecular weight is 362 g/mol. The molecule has 0 bridgehead atoms. The number of hydrogen-bond acceptors (Lipinski definition) is 4. The molecule has 1 aliphatic heterocycles. The number of amides is 2. The van der Waals surface area contributed by atoms with Gasteiger partial charge in [0.05, 0.1) is 18.4 Å². The van der Waals surface area contributed by atoms with Gasteiger partial charge in [0, 0.05) is 37.7 Å². The molecule has 7 heteroatoms. The van der Waals surface area contributed by atoms with E-state index in [-0.39, 0.29) is 11.8 Å². The Kier molecular flexibility index (Phi) is 5.73. The lowest BCUT2D eigenvalue weighted by molar-refractivity contribution is -0.122. The Balaban J connectivity index is 1.41. The van der Waals surface area contributed by atoms with Crippen LogP contribution in [-0.4, -0.2) is 54.3 Å². The third-order valence-corrected chi connectivity index (χ3v) is 4.41. The first-order valence-corrected chi connectivity index (χ1v) is 8.54. The molecule has 0 saturated carbocycles. The number of benzene rings is 1. The summed E-state index contributed by atoms with van der Waals surface area (Å²) in [6.07, 6.45) is 2.95. The van der Waals surface area contributed by atoms with Crippen LogP contribution in [0.4, 0.5) is 0 Å². The van der Waals surface area contributed by atoms with Crippen LogP contribution in [0, 0.1) is 0 Å². The topological polar surface area (TPSA) is 65.8 Å². The molecule has 0 radical (unpaired) electrons. The molecule has 2 aromatic rings. The highest BCUT2D eigenvalue weighted by molar-refractivity contribution is 6.30. The van der Waals surface area contributed by atoms with Gasteiger partial charge in [0.1, 0.15) is 6.26 Å². The Bertz CT molecular complexity index is 725. The van der Waals surface area contributed by atoms with E-state index in [0.717, 1.165) is 5.56 Å². The van der Waals surface area contributed by atoms with E-state index in [1.807, 2.05) is 23.1 Å². The molecule has 0 aliphatic carbocycles. The standard InChI is InChI=1S/C18H20ClN3O3/c19-16-3-1-2-14(10-16)11-20-17(23)12-21-5-7-22(8-6-21)18(24)15-4-9-25-13-15/h1-4,9-10,13H,5-8,11-12H2,(H,20,23). The van der Waals surface area contributed by atoms with Crippen molar-refractivity contribution in [1.82, 2.24) is 15.1 Å². The molecule has 2 heterocycles. The molecule has 6 nitrogen and oxygen atoms in total. The largest absolute Gasteiger partial charge is 0.472 e. The predicted octanol–water partition coefficient (Wildman–Crippen LogP) is 2.01. The van der Waals surface area contributed by atoms with E-state index >= 15 is 0 Å². The summed E-state index contributed by atoms with van der Waals surface area (Å²) in [5.41, 5.74) is 1.53. The van der Waals surface area contributed by atoms with E-state index < -0.39 is 0 Å². The smallest absolute Gasteiger partial charge is 0.257 e. The van der Waals surface area contributed by atoms with Crippen LogP contribution in [0.5, 0.6) is 0 Å². The lowest BCUT2D eigenvalue weighted by Crippen LogP contribution is -2.51. The van der Waals surface area contributed by atoms with Gasteiger partial charge in [-0.25, -0.2) is 0 Å². The summed E-state index contributed by atoms with van der Waals surface area (Å²) in [6.45, 7) is 3.34. The van der Waals surface area contributed by atoms with Crippen molar-refractivity contribution < 1.29 is 14.0 Å². The van der Waals surface area contributed by atoms with Crippen molar-refractivity contribution in [3.8, 4) is 0 Å². The van der Waals surface area contributed by atoms with Crippen molar-refractivity contribution in [2.75, 3.05) is 32.7 Å². The molecular weight excluding hydrogens is 342 g/mol. The molecule has 2 amide bonds. The van der Waals surface area contributed by atoms with E-state index in [1.165, 1.54) is 12.5 Å². The molecule has 0 unspecified atom stereocenters. The molecule has 0 atom stereocenters. The number of nitrogens with one attached hydrogen (secondary N) is 1. The number of piperazine rings is 1. The minimum atomic E-state index is -0.0328. The van der Waals surface area contributed by atoms with E-state index in [9.17, 15) is 9.59 Å². The van der Waals surface area contributed by atoms with Gasteiger partial charge in [-0.3, -0.25) is 14.5 Å². The first-order chi connectivity index (χ1) is 12.1. The summed E-state index contributed by atoms with van der Waals surface area (Å²) in [5.74, 6) is -0.0617. The van der Waals surface area contributed by atoms with Crippen LogP contribution in [0.15, 0.2) is 47.3 Å². The van der Waals surface area contributed by atoms with Crippen molar-refractivity contribution in [1.29, 1.82) is 0 Å². The Morgan fingerprint density at radius 3 is 2.64 bits per heavy atom. The third-order valence-electron chi connectivity index (χ3n) is 4.17. The zero-order valence-electron chi connectivity index (χ0n) is 13.8. The first-order valence-electron chi connectivity index (χ1n) is 8.17. The van der Waals surface area contributed by atoms with E-state index in [1.54, 1.807) is 17.0 Å². The highest BCUT2D eigenvalue weighted by Crippen LogP contribution is 2.11. The molecule has 1 aliphatic rings. The highest BCUT2D eigenvalue weighted by Gasteiger charge is 2.23. The van der Waals surface area contributed by atoms with Gasteiger partial charge in [0.2, 0.25) is 5.91 Å². The molecule has 1 fully saturated rings. The summed E-state index contributed by atoms with van der Waals surface area (Å²) >= 11 is 5.93. The fourth-order valence-electron chi connectivity index (χ4n) is 2.78. The summed E-state index contributed by atoms with van der Waals surface area (Å²) in [5, 5.41) is 3.56. The van der Waals surface area contributed by atoms with Crippen LogP contribution in [-0.2, 0) is 11.3 Å². The van der Waals surface area contributed by atoms with Gasteiger partial charge in [-0.15, -0.1) is 0 Å². The lowest BCUT2D eigenvalue weighted by atomic mass is 10.2. The minimum Gasteiger partial charge on any atom is -0.472 e. The maximum absolute atomic E-state index is 12.2. The van der Waals surface area contributed by atoms with E-state index in [2.05, 4.69) is 5.32 Å². The Labute approximate surface area is 151 Å². The van der Waals surface area contributed by atoms with E-state index in [4.69, 9.17) is 16.0 Å². The fraction of sp³-hybridized carbons (Fsp3) is 0.333. The second-order valence-electron chi connectivity index (χ2n) is 5.99. The summed E-state index contributed by atoms with van der Waals surface area (Å²) in [6, 6.07) is 9.09. The van der Waals surface area contributed by atoms with Crippen LogP contribution < -0.4 is 5.32 Å². The summed E-state index contributed by atoms with van der Waals surface area (Å²) in [4.78, 5) is 28.2. The molecule has 0 spiro atoms. The molecule has 3 rings (SSSR count). The Morgan fingerprint density at radius 2 is 1.96 bits per heavy atom. The molecular formula is C18H20ClN3O3. The van der Waals surface area contributed by atoms with Crippen molar-refractivity contribution in [3.63, 3.8) is 0 Å². The number of halogens is 1. The van der Waals surface area contributed by atoms with Gasteiger partial charge in [0.15, 0.2) is 0 Å². The van der Waals surface area contributed by atoms with Crippen LogP contribution in [0.3, 0.4) is 0 Å². The van der Waals surface area contributed by atoms with Crippen molar-refractivity contribution >= 4 is 23.4 Å². The molecule has 1 aromatic carbocycles. The van der Waals surface area contributed by atoms with Crippen molar-refractivity contribution in [3.05, 3.63) is 59.0 Å². The van der Waals surface area contributed by atoms with Gasteiger partial charge in [-0.1, -0.05) is 23.7 Å². The predicted molar refractivity (Wildman–Crippen MR) is 94.4 cm³/mol. The van der Waals surface area contributed by atoms with Crippen molar-refractivity contribution in [2.45, 2.75) is 6.54 Å². The zero-order chi connectivity index (χ0) is 17.6. The maximum atomic E-state index is 12.2. The lowest BCUT2D eigenvalue weighted by Gasteiger charge is -2.34. The summed E-state index contributed by atoms with van der Waals surface area (Å²) in [7, 11) is 0. The van der Waals surface area contributed by atoms with Crippen LogP contribution in [0.2, 0.25) is 5.02 Å². The van der Waals surface area contributed by atoms with Gasteiger partial charge in [0.25, 0.3) is 5.91 Å². The van der Waals surface area contributed by atoms with E-state index in [0.29, 0.717) is 49.9 Å². The van der Waals surface area contributed by atoms with Gasteiger partial charge < -0.3 is 14.6 Å². The van der Waals surface area contributed by atoms with Crippen molar-refractivity contribution in [2.24, 2.45) is 0 Å². The number of hydrogen-bond donors (Lipinski definition) is 1. The monoisotopic (exact) mass is 361 g/mol. The second kappa shape index (κ2) is 8.18. The minimum absolute atomic E-state index is 0.0289. The molecule has 1 aromatic heterocycles. The van der Waals surface area contributed by atoms with Gasteiger partial charge in [-0.2, -0.15) is 0 Å². The number of carbonyl (C=O) groups excluding carboxylic acids is 2. The highest BCUT2D eigenvalue weighted by atomic mass is 35.5. The number of furan rings is 1. The molecule has 132 valence electrons. The SMILES string of the molecule is O=C(CN1CCN(C(=O)c2ccoc2)CC1)NCc1cccc(Cl)c1. The number of carbonyl (C=O) groups is 2. The average Bonchev–Trinajstić information content (AvgIpc) is 3.15. The van der Waals surface area contributed by atoms with Crippen LogP contribution in [0.25, 0.3) is 0 Å². The fourth-order valence-corrected chi connectivity index (χ4v) is 3.00. The van der Waals surface area contributed by atoms with Crippen LogP contribution in [0.1, 0.15) is 15.9 Å². The second-order valence-corrected chi connectivity index (χ2v) is 6.42. The molecule has 25 heavy (non-hydrogen) atoms. The normalized spacial score (nSPS) is 15.2.